The van der Waals surface area contributed by atoms with Gasteiger partial charge >= 0.3 is 0 Å². The third-order valence-electron chi connectivity index (χ3n) is 4.34. The second-order valence-electron chi connectivity index (χ2n) is 6.23. The lowest BCUT2D eigenvalue weighted by atomic mass is 10.2. The molecular weight excluding hydrogens is 300 g/mol. The summed E-state index contributed by atoms with van der Waals surface area (Å²) in [6.07, 6.45) is 6.94. The van der Waals surface area contributed by atoms with Gasteiger partial charge in [0.05, 0.1) is 0 Å². The number of nitrogens with one attached hydrogen (secondary N) is 1. The highest BCUT2D eigenvalue weighted by molar-refractivity contribution is 5.94. The zero-order valence-electron chi connectivity index (χ0n) is 13.9. The topological polar surface area (TPSA) is 71.2 Å². The molecule has 5 heteroatoms. The molecule has 1 fully saturated rings. The standard InChI is InChI=1S/C19H24N4O/c20-17-7-5-6-16(12-17)19(24)22-14-15-8-9-18(21-13-15)23-10-3-1-2-4-11-23/h5-9,12-13H,1-4,10-11,14,20H2,(H,22,24). The second-order valence-corrected chi connectivity index (χ2v) is 6.23. The smallest absolute Gasteiger partial charge is 0.251 e. The van der Waals surface area contributed by atoms with E-state index in [1.165, 1.54) is 25.7 Å². The van der Waals surface area contributed by atoms with Gasteiger partial charge in [0, 0.05) is 37.1 Å². The number of nitrogens with two attached hydrogens (primary N) is 1. The minimum absolute atomic E-state index is 0.126. The second kappa shape index (κ2) is 7.81. The molecular formula is C19H24N4O. The molecule has 0 unspecified atom stereocenters. The van der Waals surface area contributed by atoms with Gasteiger partial charge in [0.25, 0.3) is 5.91 Å². The van der Waals surface area contributed by atoms with Gasteiger partial charge in [-0.05, 0) is 42.7 Å². The average Bonchev–Trinajstić information content (AvgIpc) is 2.89. The number of nitrogens with zero attached hydrogens (tertiary/aromatic N) is 2. The number of hydrogen-bond donors (Lipinski definition) is 2. The molecule has 2 aromatic rings. The summed E-state index contributed by atoms with van der Waals surface area (Å²) in [5, 5.41) is 2.90. The predicted octanol–water partition coefficient (Wildman–Crippen LogP) is 2.97. The largest absolute Gasteiger partial charge is 0.399 e. The molecule has 1 aliphatic heterocycles. The first-order valence-corrected chi connectivity index (χ1v) is 8.56. The summed E-state index contributed by atoms with van der Waals surface area (Å²) in [5.74, 6) is 0.904. The van der Waals surface area contributed by atoms with E-state index in [1.54, 1.807) is 24.3 Å². The van der Waals surface area contributed by atoms with E-state index in [9.17, 15) is 4.79 Å². The molecule has 24 heavy (non-hydrogen) atoms. The minimum atomic E-state index is -0.126. The minimum Gasteiger partial charge on any atom is -0.399 e. The summed E-state index contributed by atoms with van der Waals surface area (Å²) in [5.41, 5.74) is 7.86. The van der Waals surface area contributed by atoms with Crippen LogP contribution in [-0.4, -0.2) is 24.0 Å². The fraction of sp³-hybridized carbons (Fsp3) is 0.368. The molecule has 0 aliphatic carbocycles. The van der Waals surface area contributed by atoms with Gasteiger partial charge in [0.15, 0.2) is 0 Å². The Hall–Kier alpha value is -2.56. The number of benzene rings is 1. The van der Waals surface area contributed by atoms with Crippen molar-refractivity contribution in [1.82, 2.24) is 10.3 Å². The Morgan fingerprint density at radius 2 is 1.92 bits per heavy atom. The van der Waals surface area contributed by atoms with E-state index in [2.05, 4.69) is 15.2 Å². The molecule has 5 nitrogen and oxygen atoms in total. The predicted molar refractivity (Wildman–Crippen MR) is 96.9 cm³/mol. The monoisotopic (exact) mass is 324 g/mol. The van der Waals surface area contributed by atoms with Crippen LogP contribution in [0.1, 0.15) is 41.6 Å². The Morgan fingerprint density at radius 1 is 1.12 bits per heavy atom. The van der Waals surface area contributed by atoms with E-state index >= 15 is 0 Å². The van der Waals surface area contributed by atoms with Crippen LogP contribution in [0.2, 0.25) is 0 Å². The molecule has 0 bridgehead atoms. The fourth-order valence-corrected chi connectivity index (χ4v) is 2.97. The van der Waals surface area contributed by atoms with Crippen molar-refractivity contribution in [3.8, 4) is 0 Å². The van der Waals surface area contributed by atoms with E-state index in [0.717, 1.165) is 24.5 Å². The van der Waals surface area contributed by atoms with Crippen LogP contribution in [0.4, 0.5) is 11.5 Å². The van der Waals surface area contributed by atoms with Crippen molar-refractivity contribution in [2.24, 2.45) is 0 Å². The van der Waals surface area contributed by atoms with E-state index in [4.69, 9.17) is 5.73 Å². The first-order chi connectivity index (χ1) is 11.7. The zero-order valence-corrected chi connectivity index (χ0v) is 13.9. The van der Waals surface area contributed by atoms with Gasteiger partial charge in [0.1, 0.15) is 5.82 Å². The Kier molecular flexibility index (Phi) is 5.31. The number of carbonyl (C=O) groups is 1. The van der Waals surface area contributed by atoms with Crippen molar-refractivity contribution in [2.45, 2.75) is 32.2 Å². The maximum atomic E-state index is 12.1. The normalized spacial score (nSPS) is 14.9. The molecule has 1 amide bonds. The third kappa shape index (κ3) is 4.25. The lowest BCUT2D eigenvalue weighted by molar-refractivity contribution is 0.0951. The van der Waals surface area contributed by atoms with Gasteiger partial charge < -0.3 is 16.0 Å². The number of carbonyl (C=O) groups excluding carboxylic acids is 1. The molecule has 0 atom stereocenters. The SMILES string of the molecule is Nc1cccc(C(=O)NCc2ccc(N3CCCCCC3)nc2)c1. The van der Waals surface area contributed by atoms with Crippen LogP contribution >= 0.6 is 0 Å². The molecule has 3 N–H and O–H groups in total. The molecule has 1 aliphatic rings. The van der Waals surface area contributed by atoms with Crippen LogP contribution in [0, 0.1) is 0 Å². The number of nitrogen functional groups attached to an aromatic ring is 1. The number of pyridine rings is 1. The van der Waals surface area contributed by atoms with Gasteiger partial charge in [-0.2, -0.15) is 0 Å². The Labute approximate surface area is 142 Å². The molecule has 126 valence electrons. The van der Waals surface area contributed by atoms with Gasteiger partial charge in [0.2, 0.25) is 0 Å². The van der Waals surface area contributed by atoms with Gasteiger partial charge in [-0.25, -0.2) is 4.98 Å². The van der Waals surface area contributed by atoms with Crippen molar-refractivity contribution < 1.29 is 4.79 Å². The number of aromatic nitrogens is 1. The maximum Gasteiger partial charge on any atom is 0.251 e. The summed E-state index contributed by atoms with van der Waals surface area (Å²) >= 11 is 0. The van der Waals surface area contributed by atoms with E-state index in [0.29, 0.717) is 17.8 Å². The maximum absolute atomic E-state index is 12.1. The van der Waals surface area contributed by atoms with Crippen molar-refractivity contribution >= 4 is 17.4 Å². The van der Waals surface area contributed by atoms with Crippen LogP contribution in [0.25, 0.3) is 0 Å². The van der Waals surface area contributed by atoms with Crippen LogP contribution in [0.15, 0.2) is 42.6 Å². The van der Waals surface area contributed by atoms with Crippen molar-refractivity contribution in [1.29, 1.82) is 0 Å². The number of anilines is 2. The summed E-state index contributed by atoms with van der Waals surface area (Å²) in [4.78, 5) is 19.0. The first-order valence-electron chi connectivity index (χ1n) is 8.56. The molecule has 0 saturated carbocycles. The fourth-order valence-electron chi connectivity index (χ4n) is 2.97. The molecule has 1 aromatic carbocycles. The Balaban J connectivity index is 1.57. The number of rotatable bonds is 4. The average molecular weight is 324 g/mol. The van der Waals surface area contributed by atoms with Crippen LogP contribution in [-0.2, 0) is 6.54 Å². The van der Waals surface area contributed by atoms with Crippen LogP contribution < -0.4 is 16.0 Å². The van der Waals surface area contributed by atoms with Crippen LogP contribution in [0.5, 0.6) is 0 Å². The molecule has 1 saturated heterocycles. The lowest BCUT2D eigenvalue weighted by Crippen LogP contribution is -2.25. The summed E-state index contributed by atoms with van der Waals surface area (Å²) in [7, 11) is 0. The molecule has 1 aromatic heterocycles. The number of hydrogen-bond acceptors (Lipinski definition) is 4. The van der Waals surface area contributed by atoms with E-state index < -0.39 is 0 Å². The highest BCUT2D eigenvalue weighted by Crippen LogP contribution is 2.17. The molecule has 0 radical (unpaired) electrons. The zero-order chi connectivity index (χ0) is 16.8. The third-order valence-corrected chi connectivity index (χ3v) is 4.34. The van der Waals surface area contributed by atoms with Crippen LogP contribution in [0.3, 0.4) is 0 Å². The van der Waals surface area contributed by atoms with E-state index in [-0.39, 0.29) is 5.91 Å². The van der Waals surface area contributed by atoms with Gasteiger partial charge in [-0.15, -0.1) is 0 Å². The highest BCUT2D eigenvalue weighted by atomic mass is 16.1. The highest BCUT2D eigenvalue weighted by Gasteiger charge is 2.11. The van der Waals surface area contributed by atoms with E-state index in [1.807, 2.05) is 18.3 Å². The first kappa shape index (κ1) is 16.3. The van der Waals surface area contributed by atoms with Crippen molar-refractivity contribution in [3.63, 3.8) is 0 Å². The molecule has 2 heterocycles. The van der Waals surface area contributed by atoms with Crippen molar-refractivity contribution in [2.75, 3.05) is 23.7 Å². The Morgan fingerprint density at radius 3 is 2.58 bits per heavy atom. The van der Waals surface area contributed by atoms with Gasteiger partial charge in [-0.3, -0.25) is 4.79 Å². The van der Waals surface area contributed by atoms with Crippen molar-refractivity contribution in [3.05, 3.63) is 53.7 Å². The number of amides is 1. The quantitative estimate of drug-likeness (QED) is 0.848. The summed E-state index contributed by atoms with van der Waals surface area (Å²) in [6.45, 7) is 2.62. The van der Waals surface area contributed by atoms with Gasteiger partial charge in [-0.1, -0.05) is 25.0 Å². The Bertz CT molecular complexity index is 676. The lowest BCUT2D eigenvalue weighted by Gasteiger charge is -2.21. The molecule has 3 rings (SSSR count). The summed E-state index contributed by atoms with van der Waals surface area (Å²) in [6, 6.07) is 11.1. The molecule has 0 spiro atoms. The summed E-state index contributed by atoms with van der Waals surface area (Å²) < 4.78 is 0.